The van der Waals surface area contributed by atoms with Gasteiger partial charge in [-0.3, -0.25) is 4.90 Å². The Morgan fingerprint density at radius 1 is 1.10 bits per heavy atom. The summed E-state index contributed by atoms with van der Waals surface area (Å²) in [6.45, 7) is 9.65. The summed E-state index contributed by atoms with van der Waals surface area (Å²) in [5, 5.41) is 0. The molecule has 0 spiro atoms. The average Bonchev–Trinajstić information content (AvgIpc) is 2.69. The molecule has 5 nitrogen and oxygen atoms in total. The Morgan fingerprint density at radius 2 is 1.69 bits per heavy atom. The quantitative estimate of drug-likeness (QED) is 0.640. The van der Waals surface area contributed by atoms with Gasteiger partial charge in [0.05, 0.1) is 11.4 Å². The largest absolute Gasteiger partial charge is 0.376 e. The van der Waals surface area contributed by atoms with Crippen LogP contribution in [0.4, 0.5) is 0 Å². The summed E-state index contributed by atoms with van der Waals surface area (Å²) in [5.41, 5.74) is 3.15. The van der Waals surface area contributed by atoms with Gasteiger partial charge in [-0.2, -0.15) is 4.31 Å². The van der Waals surface area contributed by atoms with Crippen LogP contribution in [-0.2, 0) is 20.5 Å². The van der Waals surface area contributed by atoms with Crippen LogP contribution in [0.1, 0.15) is 57.6 Å². The monoisotopic (exact) mass is 420 g/mol. The third kappa shape index (κ3) is 5.48. The highest BCUT2D eigenvalue weighted by Gasteiger charge is 2.44. The molecule has 0 atom stereocenters. The van der Waals surface area contributed by atoms with Gasteiger partial charge in [-0.05, 0) is 43.7 Å². The molecule has 0 bridgehead atoms. The van der Waals surface area contributed by atoms with Crippen LogP contribution in [0.2, 0.25) is 0 Å². The summed E-state index contributed by atoms with van der Waals surface area (Å²) in [6, 6.07) is 8.68. The summed E-state index contributed by atoms with van der Waals surface area (Å²) in [7, 11) is -1.65. The molecule has 2 fully saturated rings. The van der Waals surface area contributed by atoms with Gasteiger partial charge in [-0.15, -0.1) is 0 Å². The predicted molar refractivity (Wildman–Crippen MR) is 119 cm³/mol. The van der Waals surface area contributed by atoms with Crippen LogP contribution >= 0.6 is 0 Å². The molecule has 2 heterocycles. The van der Waals surface area contributed by atoms with Gasteiger partial charge in [-0.25, -0.2) is 8.42 Å². The van der Waals surface area contributed by atoms with E-state index in [9.17, 15) is 8.42 Å². The highest BCUT2D eigenvalue weighted by Crippen LogP contribution is 2.28. The average molecular weight is 421 g/mol. The van der Waals surface area contributed by atoms with E-state index in [-0.39, 0.29) is 11.4 Å². The van der Waals surface area contributed by atoms with Crippen molar-refractivity contribution < 1.29 is 13.2 Å². The fourth-order valence-electron chi connectivity index (χ4n) is 4.40. The van der Waals surface area contributed by atoms with Crippen LogP contribution in [0.25, 0.3) is 6.08 Å². The molecule has 162 valence electrons. The van der Waals surface area contributed by atoms with E-state index in [1.54, 1.807) is 7.11 Å². The van der Waals surface area contributed by atoms with Crippen molar-refractivity contribution in [2.24, 2.45) is 0 Å². The van der Waals surface area contributed by atoms with Crippen molar-refractivity contribution in [2.75, 3.05) is 33.3 Å². The van der Waals surface area contributed by atoms with Gasteiger partial charge in [-0.1, -0.05) is 49.8 Å². The van der Waals surface area contributed by atoms with Gasteiger partial charge in [0.25, 0.3) is 0 Å². The second-order valence-corrected chi connectivity index (χ2v) is 10.7. The smallest absolute Gasteiger partial charge is 0.218 e. The fraction of sp³-hybridized carbons (Fsp3) is 0.652. The molecule has 3 rings (SSSR count). The molecule has 2 aliphatic heterocycles. The standard InChI is InChI=1S/C23H36N2O3S/c1-5-22(6-2)24-13-11-20(12-14-24)15-19-7-9-21(10-8-19)16-29(26,27)25-17-23(3,18-25)28-4/h7-10,15,22H,5-6,11-14,16-18H2,1-4H3. The van der Waals surface area contributed by atoms with E-state index < -0.39 is 10.0 Å². The first-order valence-electron chi connectivity index (χ1n) is 10.8. The van der Waals surface area contributed by atoms with E-state index in [0.29, 0.717) is 19.1 Å². The predicted octanol–water partition coefficient (Wildman–Crippen LogP) is 3.90. The Hall–Kier alpha value is -1.21. The molecular formula is C23H36N2O3S. The number of rotatable bonds is 8. The SMILES string of the molecule is CCC(CC)N1CCC(=Cc2ccc(CS(=O)(=O)N3CC(C)(OC)C3)cc2)CC1. The van der Waals surface area contributed by atoms with Crippen LogP contribution in [0, 0.1) is 0 Å². The number of benzene rings is 1. The summed E-state index contributed by atoms with van der Waals surface area (Å²) < 4.78 is 32.0. The van der Waals surface area contributed by atoms with Crippen molar-refractivity contribution >= 4 is 16.1 Å². The first-order chi connectivity index (χ1) is 13.8. The normalized spacial score (nSPS) is 20.7. The minimum absolute atomic E-state index is 0.0496. The van der Waals surface area contributed by atoms with Crippen LogP contribution in [0.3, 0.4) is 0 Å². The third-order valence-corrected chi connectivity index (χ3v) is 8.25. The highest BCUT2D eigenvalue weighted by molar-refractivity contribution is 7.88. The summed E-state index contributed by atoms with van der Waals surface area (Å²) in [5.74, 6) is 0.0496. The summed E-state index contributed by atoms with van der Waals surface area (Å²) >= 11 is 0. The number of nitrogens with zero attached hydrogens (tertiary/aromatic N) is 2. The first kappa shape index (κ1) is 22.5. The zero-order valence-electron chi connectivity index (χ0n) is 18.4. The van der Waals surface area contributed by atoms with Crippen molar-refractivity contribution in [3.8, 4) is 0 Å². The van der Waals surface area contributed by atoms with Crippen molar-refractivity contribution in [3.05, 3.63) is 41.0 Å². The number of hydrogen-bond donors (Lipinski definition) is 0. The molecule has 0 amide bonds. The lowest BCUT2D eigenvalue weighted by molar-refractivity contribution is -0.0769. The minimum atomic E-state index is -3.28. The Bertz CT molecular complexity index is 797. The number of hydrogen-bond acceptors (Lipinski definition) is 4. The first-order valence-corrected chi connectivity index (χ1v) is 12.4. The van der Waals surface area contributed by atoms with E-state index >= 15 is 0 Å². The molecule has 0 aromatic heterocycles. The van der Waals surface area contributed by atoms with E-state index in [1.165, 1.54) is 22.7 Å². The second-order valence-electron chi connectivity index (χ2n) is 8.73. The molecule has 1 aromatic carbocycles. The van der Waals surface area contributed by atoms with Crippen molar-refractivity contribution in [3.63, 3.8) is 0 Å². The van der Waals surface area contributed by atoms with Gasteiger partial charge >= 0.3 is 0 Å². The molecule has 6 heteroatoms. The second kappa shape index (κ2) is 9.29. The molecule has 2 saturated heterocycles. The lowest BCUT2D eigenvalue weighted by atomic mass is 9.98. The molecule has 0 saturated carbocycles. The molecule has 0 radical (unpaired) electrons. The van der Waals surface area contributed by atoms with Gasteiger partial charge in [0.1, 0.15) is 0 Å². The Labute approximate surface area is 176 Å². The van der Waals surface area contributed by atoms with Gasteiger partial charge < -0.3 is 4.74 Å². The molecule has 0 unspecified atom stereocenters. The topological polar surface area (TPSA) is 49.9 Å². The number of methoxy groups -OCH3 is 1. The number of piperidine rings is 1. The Morgan fingerprint density at radius 3 is 2.21 bits per heavy atom. The van der Waals surface area contributed by atoms with Crippen LogP contribution in [-0.4, -0.2) is 62.6 Å². The number of ether oxygens (including phenoxy) is 1. The van der Waals surface area contributed by atoms with E-state index in [4.69, 9.17) is 4.74 Å². The molecule has 0 N–H and O–H groups in total. The maximum absolute atomic E-state index is 12.6. The van der Waals surface area contributed by atoms with Crippen molar-refractivity contribution in [1.29, 1.82) is 0 Å². The molecule has 29 heavy (non-hydrogen) atoms. The van der Waals surface area contributed by atoms with Crippen molar-refractivity contribution in [1.82, 2.24) is 9.21 Å². The van der Waals surface area contributed by atoms with Crippen LogP contribution in [0.15, 0.2) is 29.8 Å². The molecule has 1 aromatic rings. The van der Waals surface area contributed by atoms with E-state index in [2.05, 4.69) is 24.8 Å². The van der Waals surface area contributed by atoms with Crippen LogP contribution in [0.5, 0.6) is 0 Å². The zero-order chi connectivity index (χ0) is 21.1. The molecular weight excluding hydrogens is 384 g/mol. The lowest BCUT2D eigenvalue weighted by Gasteiger charge is -2.45. The number of likely N-dealkylation sites (tertiary alicyclic amines) is 1. The van der Waals surface area contributed by atoms with Gasteiger partial charge in [0.15, 0.2) is 0 Å². The van der Waals surface area contributed by atoms with Gasteiger partial charge in [0.2, 0.25) is 10.0 Å². The Balaban J connectivity index is 1.55. The molecule has 0 aliphatic carbocycles. The van der Waals surface area contributed by atoms with Crippen molar-refractivity contribution in [2.45, 2.75) is 63.9 Å². The van der Waals surface area contributed by atoms with E-state index in [1.807, 2.05) is 31.2 Å². The summed E-state index contributed by atoms with van der Waals surface area (Å²) in [6.07, 6.45) is 6.98. The van der Waals surface area contributed by atoms with Crippen LogP contribution < -0.4 is 0 Å². The maximum atomic E-state index is 12.6. The highest BCUT2D eigenvalue weighted by atomic mass is 32.2. The fourth-order valence-corrected chi connectivity index (χ4v) is 6.13. The maximum Gasteiger partial charge on any atom is 0.218 e. The Kier molecular flexibility index (Phi) is 7.20. The summed E-state index contributed by atoms with van der Waals surface area (Å²) in [4.78, 5) is 2.62. The lowest BCUT2D eigenvalue weighted by Crippen LogP contribution is -2.62. The number of sulfonamides is 1. The minimum Gasteiger partial charge on any atom is -0.376 e. The zero-order valence-corrected chi connectivity index (χ0v) is 19.2. The third-order valence-electron chi connectivity index (χ3n) is 6.51. The van der Waals surface area contributed by atoms with Gasteiger partial charge in [0, 0.05) is 39.3 Å². The van der Waals surface area contributed by atoms with E-state index in [0.717, 1.165) is 37.1 Å². The molecule has 2 aliphatic rings.